The van der Waals surface area contributed by atoms with Crippen LogP contribution in [0.4, 0.5) is 23.0 Å². The van der Waals surface area contributed by atoms with Crippen molar-refractivity contribution in [3.63, 3.8) is 0 Å². The minimum absolute atomic E-state index is 0.218. The molecule has 0 radical (unpaired) electrons. The van der Waals surface area contributed by atoms with Gasteiger partial charge < -0.3 is 20.3 Å². The van der Waals surface area contributed by atoms with E-state index >= 15 is 0 Å². The molecule has 0 aliphatic carbocycles. The van der Waals surface area contributed by atoms with Crippen molar-refractivity contribution in [1.82, 2.24) is 34.8 Å². The molecule has 12 nitrogen and oxygen atoms in total. The molecule has 12 heteroatoms. The van der Waals surface area contributed by atoms with E-state index in [0.717, 1.165) is 35.9 Å². The number of ether oxygens (including phenoxy) is 1. The van der Waals surface area contributed by atoms with Gasteiger partial charge in [0.05, 0.1) is 43.2 Å². The SMILES string of the molecule is O=C(Nc1ccc(N2CCOCC2)nc1)c1ccc(Nc2ncc(-c3cn[nH]c3)n3ncnc23)cc1. The van der Waals surface area contributed by atoms with Crippen molar-refractivity contribution < 1.29 is 9.53 Å². The summed E-state index contributed by atoms with van der Waals surface area (Å²) < 4.78 is 7.07. The van der Waals surface area contributed by atoms with Crippen LogP contribution in [0.2, 0.25) is 0 Å². The third-order valence-electron chi connectivity index (χ3n) is 5.85. The van der Waals surface area contributed by atoms with Crippen molar-refractivity contribution in [3.05, 3.63) is 73.1 Å². The zero-order valence-electron chi connectivity index (χ0n) is 19.1. The molecule has 0 atom stereocenters. The molecule has 180 valence electrons. The van der Waals surface area contributed by atoms with Gasteiger partial charge in [0.1, 0.15) is 12.1 Å². The van der Waals surface area contributed by atoms with Gasteiger partial charge in [-0.2, -0.15) is 10.2 Å². The Morgan fingerprint density at radius 3 is 2.53 bits per heavy atom. The first-order valence-corrected chi connectivity index (χ1v) is 11.4. The highest BCUT2D eigenvalue weighted by atomic mass is 16.5. The standard InChI is InChI=1S/C24H22N10O2/c35-24(32-19-5-6-21(25-13-19)33-7-9-36-10-8-33)16-1-3-18(4-2-16)31-22-23-27-15-30-34(23)20(14-26-22)17-11-28-29-12-17/h1-6,11-15H,7-10H2,(H,26,31)(H,28,29)(H,32,35). The van der Waals surface area contributed by atoms with Gasteiger partial charge in [-0.3, -0.25) is 9.89 Å². The number of nitrogens with zero attached hydrogens (tertiary/aromatic N) is 7. The molecule has 0 spiro atoms. The van der Waals surface area contributed by atoms with Crippen LogP contribution in [0.15, 0.2) is 67.5 Å². The third kappa shape index (κ3) is 4.32. The number of aromatic amines is 1. The number of carbonyl (C=O) groups excluding carboxylic acids is 1. The Morgan fingerprint density at radius 2 is 1.78 bits per heavy atom. The van der Waals surface area contributed by atoms with E-state index in [4.69, 9.17) is 4.74 Å². The van der Waals surface area contributed by atoms with E-state index in [0.29, 0.717) is 35.9 Å². The normalized spacial score (nSPS) is 13.6. The van der Waals surface area contributed by atoms with Gasteiger partial charge in [-0.25, -0.2) is 19.5 Å². The Kier molecular flexibility index (Phi) is 5.68. The lowest BCUT2D eigenvalue weighted by molar-refractivity contribution is 0.102. The largest absolute Gasteiger partial charge is 0.378 e. The summed E-state index contributed by atoms with van der Waals surface area (Å²) in [6.07, 6.45) is 8.31. The highest BCUT2D eigenvalue weighted by Crippen LogP contribution is 2.24. The number of morpholine rings is 1. The van der Waals surface area contributed by atoms with Gasteiger partial charge >= 0.3 is 0 Å². The lowest BCUT2D eigenvalue weighted by atomic mass is 10.2. The van der Waals surface area contributed by atoms with Gasteiger partial charge in [0, 0.05) is 36.1 Å². The maximum Gasteiger partial charge on any atom is 0.255 e. The number of nitrogens with one attached hydrogen (secondary N) is 3. The fraction of sp³-hybridized carbons (Fsp3) is 0.167. The number of hydrogen-bond acceptors (Lipinski definition) is 9. The minimum atomic E-state index is -0.218. The molecule has 1 aliphatic heterocycles. The second kappa shape index (κ2) is 9.43. The summed E-state index contributed by atoms with van der Waals surface area (Å²) in [5.41, 5.74) is 4.11. The molecule has 5 aromatic rings. The van der Waals surface area contributed by atoms with E-state index in [1.807, 2.05) is 24.3 Å². The van der Waals surface area contributed by atoms with Gasteiger partial charge in [-0.05, 0) is 36.4 Å². The molecule has 1 fully saturated rings. The van der Waals surface area contributed by atoms with E-state index in [9.17, 15) is 4.79 Å². The maximum absolute atomic E-state index is 12.7. The molecule has 1 saturated heterocycles. The molecule has 3 N–H and O–H groups in total. The Morgan fingerprint density at radius 1 is 0.944 bits per heavy atom. The quantitative estimate of drug-likeness (QED) is 0.333. The fourth-order valence-corrected chi connectivity index (χ4v) is 3.98. The summed E-state index contributed by atoms with van der Waals surface area (Å²) in [6, 6.07) is 10.9. The van der Waals surface area contributed by atoms with Crippen LogP contribution in [0, 0.1) is 0 Å². The van der Waals surface area contributed by atoms with Crippen LogP contribution < -0.4 is 15.5 Å². The minimum Gasteiger partial charge on any atom is -0.378 e. The second-order valence-corrected chi connectivity index (χ2v) is 8.14. The van der Waals surface area contributed by atoms with E-state index in [1.54, 1.807) is 41.4 Å². The number of H-pyrrole nitrogens is 1. The summed E-state index contributed by atoms with van der Waals surface area (Å²) in [7, 11) is 0. The van der Waals surface area contributed by atoms with Gasteiger partial charge in [-0.1, -0.05) is 0 Å². The average Bonchev–Trinajstić information content (AvgIpc) is 3.64. The lowest BCUT2D eigenvalue weighted by Crippen LogP contribution is -2.36. The number of aromatic nitrogens is 7. The first-order chi connectivity index (χ1) is 17.7. The molecule has 1 aliphatic rings. The number of carbonyl (C=O) groups is 1. The Bertz CT molecular complexity index is 1470. The molecule has 0 saturated carbocycles. The number of fused-ring (bicyclic) bond motifs is 1. The Balaban J connectivity index is 1.13. The highest BCUT2D eigenvalue weighted by Gasteiger charge is 2.14. The summed E-state index contributed by atoms with van der Waals surface area (Å²) in [5, 5.41) is 17.2. The van der Waals surface area contributed by atoms with Crippen LogP contribution in [-0.4, -0.2) is 67.0 Å². The first-order valence-electron chi connectivity index (χ1n) is 11.4. The van der Waals surface area contributed by atoms with Crippen molar-refractivity contribution in [2.75, 3.05) is 41.8 Å². The van der Waals surface area contributed by atoms with Crippen molar-refractivity contribution in [1.29, 1.82) is 0 Å². The van der Waals surface area contributed by atoms with E-state index in [2.05, 4.69) is 45.8 Å². The van der Waals surface area contributed by atoms with Crippen molar-refractivity contribution >= 4 is 34.6 Å². The van der Waals surface area contributed by atoms with Crippen LogP contribution in [0.1, 0.15) is 10.4 Å². The molecule has 0 unspecified atom stereocenters. The summed E-state index contributed by atoms with van der Waals surface area (Å²) in [6.45, 7) is 3.01. The van der Waals surface area contributed by atoms with Crippen molar-refractivity contribution in [2.24, 2.45) is 0 Å². The van der Waals surface area contributed by atoms with Gasteiger partial charge in [0.15, 0.2) is 11.5 Å². The predicted molar refractivity (Wildman–Crippen MR) is 133 cm³/mol. The van der Waals surface area contributed by atoms with E-state index < -0.39 is 0 Å². The number of benzene rings is 1. The molecular formula is C24H22N10O2. The molecule has 0 bridgehead atoms. The molecule has 36 heavy (non-hydrogen) atoms. The number of rotatable bonds is 6. The molecule has 1 amide bonds. The molecule has 6 rings (SSSR count). The van der Waals surface area contributed by atoms with Gasteiger partial charge in [0.25, 0.3) is 5.91 Å². The monoisotopic (exact) mass is 482 g/mol. The first kappa shape index (κ1) is 21.7. The number of anilines is 4. The lowest BCUT2D eigenvalue weighted by Gasteiger charge is -2.27. The Labute approximate surface area is 205 Å². The highest BCUT2D eigenvalue weighted by molar-refractivity contribution is 6.04. The number of pyridine rings is 1. The van der Waals surface area contributed by atoms with Crippen LogP contribution in [0.3, 0.4) is 0 Å². The summed E-state index contributed by atoms with van der Waals surface area (Å²) in [4.78, 5) is 28.2. The van der Waals surface area contributed by atoms with Gasteiger partial charge in [0.2, 0.25) is 0 Å². The number of hydrogen-bond donors (Lipinski definition) is 3. The summed E-state index contributed by atoms with van der Waals surface area (Å²) in [5.74, 6) is 1.20. The zero-order chi connectivity index (χ0) is 24.3. The second-order valence-electron chi connectivity index (χ2n) is 8.14. The third-order valence-corrected chi connectivity index (χ3v) is 5.85. The summed E-state index contributed by atoms with van der Waals surface area (Å²) >= 11 is 0. The van der Waals surface area contributed by atoms with Gasteiger partial charge in [-0.15, -0.1) is 0 Å². The van der Waals surface area contributed by atoms with Crippen LogP contribution in [0.5, 0.6) is 0 Å². The van der Waals surface area contributed by atoms with Crippen molar-refractivity contribution in [3.8, 4) is 11.3 Å². The van der Waals surface area contributed by atoms with E-state index in [-0.39, 0.29) is 5.91 Å². The van der Waals surface area contributed by atoms with Crippen LogP contribution in [-0.2, 0) is 4.74 Å². The van der Waals surface area contributed by atoms with Crippen molar-refractivity contribution in [2.45, 2.75) is 0 Å². The number of amides is 1. The molecule has 5 heterocycles. The van der Waals surface area contributed by atoms with Crippen LogP contribution in [0.25, 0.3) is 16.9 Å². The van der Waals surface area contributed by atoms with Crippen LogP contribution >= 0.6 is 0 Å². The predicted octanol–water partition coefficient (Wildman–Crippen LogP) is 2.74. The smallest absolute Gasteiger partial charge is 0.255 e. The average molecular weight is 483 g/mol. The fourth-order valence-electron chi connectivity index (χ4n) is 3.98. The molecule has 4 aromatic heterocycles. The van der Waals surface area contributed by atoms with E-state index in [1.165, 1.54) is 6.33 Å². The molecular weight excluding hydrogens is 460 g/mol. The Hall–Kier alpha value is -4.84. The topological polar surface area (TPSA) is 138 Å². The maximum atomic E-state index is 12.7. The zero-order valence-corrected chi connectivity index (χ0v) is 19.1. The molecule has 1 aromatic carbocycles.